The van der Waals surface area contributed by atoms with E-state index in [2.05, 4.69) is 5.32 Å². The molecule has 6 heteroatoms. The number of benzene rings is 4. The minimum atomic E-state index is -1.08. The van der Waals surface area contributed by atoms with E-state index >= 15 is 0 Å². The number of ether oxygens (including phenoxy) is 2. The molecule has 4 aromatic carbocycles. The Morgan fingerprint density at radius 2 is 1.49 bits per heavy atom. The SMILES string of the molecule is CCCOc1ccc(-c2cc(NC(=O)c3cccc(Oc4ccccc4)c3)cc(C(=O)O)c2)cc1. The van der Waals surface area contributed by atoms with Crippen molar-refractivity contribution in [2.75, 3.05) is 11.9 Å². The molecule has 4 aromatic rings. The van der Waals surface area contributed by atoms with Crippen molar-refractivity contribution in [2.24, 2.45) is 0 Å². The Hall–Kier alpha value is -4.58. The Morgan fingerprint density at radius 3 is 2.20 bits per heavy atom. The fraction of sp³-hybridized carbons (Fsp3) is 0.103. The summed E-state index contributed by atoms with van der Waals surface area (Å²) in [6.07, 6.45) is 0.909. The van der Waals surface area contributed by atoms with Crippen LogP contribution in [0.5, 0.6) is 17.2 Å². The van der Waals surface area contributed by atoms with Gasteiger partial charge in [-0.1, -0.05) is 43.3 Å². The summed E-state index contributed by atoms with van der Waals surface area (Å²) in [4.78, 5) is 24.7. The molecule has 0 saturated carbocycles. The average Bonchev–Trinajstić information content (AvgIpc) is 2.88. The average molecular weight is 468 g/mol. The van der Waals surface area contributed by atoms with E-state index in [1.807, 2.05) is 61.5 Å². The number of anilines is 1. The van der Waals surface area contributed by atoms with E-state index in [1.54, 1.807) is 36.4 Å². The van der Waals surface area contributed by atoms with Crippen LogP contribution in [-0.4, -0.2) is 23.6 Å². The molecule has 0 spiro atoms. The molecule has 4 rings (SSSR count). The van der Waals surface area contributed by atoms with Crippen LogP contribution in [0.2, 0.25) is 0 Å². The van der Waals surface area contributed by atoms with Crippen molar-refractivity contribution in [3.63, 3.8) is 0 Å². The summed E-state index contributed by atoms with van der Waals surface area (Å²) in [5.74, 6) is 0.476. The molecule has 0 bridgehead atoms. The minimum absolute atomic E-state index is 0.0743. The minimum Gasteiger partial charge on any atom is -0.494 e. The maximum absolute atomic E-state index is 13.0. The first-order valence-electron chi connectivity index (χ1n) is 11.3. The smallest absolute Gasteiger partial charge is 0.335 e. The first-order chi connectivity index (χ1) is 17.0. The largest absolute Gasteiger partial charge is 0.494 e. The van der Waals surface area contributed by atoms with Gasteiger partial charge >= 0.3 is 5.97 Å². The monoisotopic (exact) mass is 467 g/mol. The van der Waals surface area contributed by atoms with Crippen LogP contribution in [0.25, 0.3) is 11.1 Å². The first-order valence-corrected chi connectivity index (χ1v) is 11.3. The number of carboxylic acid groups (broad SMARTS) is 1. The van der Waals surface area contributed by atoms with Gasteiger partial charge in [0, 0.05) is 11.3 Å². The zero-order valence-corrected chi connectivity index (χ0v) is 19.2. The van der Waals surface area contributed by atoms with Crippen molar-refractivity contribution in [2.45, 2.75) is 13.3 Å². The van der Waals surface area contributed by atoms with Gasteiger partial charge in [0.1, 0.15) is 17.2 Å². The van der Waals surface area contributed by atoms with Gasteiger partial charge in [-0.15, -0.1) is 0 Å². The van der Waals surface area contributed by atoms with Crippen LogP contribution >= 0.6 is 0 Å². The fourth-order valence-electron chi connectivity index (χ4n) is 3.48. The second-order valence-corrected chi connectivity index (χ2v) is 7.87. The molecule has 0 radical (unpaired) electrons. The molecule has 35 heavy (non-hydrogen) atoms. The van der Waals surface area contributed by atoms with E-state index in [4.69, 9.17) is 9.47 Å². The number of hydrogen-bond acceptors (Lipinski definition) is 4. The summed E-state index contributed by atoms with van der Waals surface area (Å²) >= 11 is 0. The molecule has 6 nitrogen and oxygen atoms in total. The summed E-state index contributed by atoms with van der Waals surface area (Å²) in [5.41, 5.74) is 2.32. The summed E-state index contributed by atoms with van der Waals surface area (Å²) in [7, 11) is 0. The van der Waals surface area contributed by atoms with Crippen LogP contribution in [0.15, 0.2) is 97.1 Å². The molecule has 0 aliphatic carbocycles. The second kappa shape index (κ2) is 11.0. The molecule has 0 heterocycles. The maximum Gasteiger partial charge on any atom is 0.335 e. The number of aromatic carboxylic acids is 1. The van der Waals surface area contributed by atoms with E-state index < -0.39 is 5.97 Å². The van der Waals surface area contributed by atoms with Crippen LogP contribution in [0, 0.1) is 0 Å². The van der Waals surface area contributed by atoms with E-state index in [1.165, 1.54) is 6.07 Å². The molecular formula is C29H25NO5. The van der Waals surface area contributed by atoms with Gasteiger partial charge in [-0.25, -0.2) is 4.79 Å². The van der Waals surface area contributed by atoms with Crippen molar-refractivity contribution in [3.05, 3.63) is 108 Å². The lowest BCUT2D eigenvalue weighted by atomic mass is 10.0. The molecule has 2 N–H and O–H groups in total. The molecule has 0 aromatic heterocycles. The molecule has 176 valence electrons. The van der Waals surface area contributed by atoms with Crippen LogP contribution in [0.1, 0.15) is 34.1 Å². The van der Waals surface area contributed by atoms with Crippen molar-refractivity contribution < 1.29 is 24.2 Å². The molecule has 0 aliphatic heterocycles. The predicted molar refractivity (Wildman–Crippen MR) is 136 cm³/mol. The number of carbonyl (C=O) groups excluding carboxylic acids is 1. The van der Waals surface area contributed by atoms with Crippen LogP contribution in [0.4, 0.5) is 5.69 Å². The highest BCUT2D eigenvalue weighted by molar-refractivity contribution is 6.05. The molecule has 0 aliphatic rings. The van der Waals surface area contributed by atoms with Gasteiger partial charge in [-0.3, -0.25) is 4.79 Å². The molecular weight excluding hydrogens is 442 g/mol. The fourth-order valence-corrected chi connectivity index (χ4v) is 3.48. The number of hydrogen-bond donors (Lipinski definition) is 2. The second-order valence-electron chi connectivity index (χ2n) is 7.87. The van der Waals surface area contributed by atoms with Crippen LogP contribution in [0.3, 0.4) is 0 Å². The number of nitrogens with one attached hydrogen (secondary N) is 1. The molecule has 0 atom stereocenters. The van der Waals surface area contributed by atoms with Gasteiger partial charge in [0.2, 0.25) is 0 Å². The first kappa shape index (κ1) is 23.6. The van der Waals surface area contributed by atoms with Crippen molar-refractivity contribution >= 4 is 17.6 Å². The van der Waals surface area contributed by atoms with Gasteiger partial charge in [-0.2, -0.15) is 0 Å². The Kier molecular flexibility index (Phi) is 7.43. The number of carbonyl (C=O) groups is 2. The third kappa shape index (κ3) is 6.26. The van der Waals surface area contributed by atoms with Crippen LogP contribution in [-0.2, 0) is 0 Å². The van der Waals surface area contributed by atoms with Crippen LogP contribution < -0.4 is 14.8 Å². The maximum atomic E-state index is 13.0. The lowest BCUT2D eigenvalue weighted by molar-refractivity contribution is 0.0696. The third-order valence-electron chi connectivity index (χ3n) is 5.17. The Bertz CT molecular complexity index is 1320. The molecule has 1 amide bonds. The summed E-state index contributed by atoms with van der Waals surface area (Å²) in [6, 6.07) is 28.3. The topological polar surface area (TPSA) is 84.9 Å². The number of carboxylic acids is 1. The van der Waals surface area contributed by atoms with E-state index in [9.17, 15) is 14.7 Å². The number of para-hydroxylation sites is 1. The highest BCUT2D eigenvalue weighted by atomic mass is 16.5. The van der Waals surface area contributed by atoms with Gasteiger partial charge in [0.05, 0.1) is 12.2 Å². The lowest BCUT2D eigenvalue weighted by Crippen LogP contribution is -2.12. The van der Waals surface area contributed by atoms with Crippen molar-refractivity contribution in [1.82, 2.24) is 0 Å². The van der Waals surface area contributed by atoms with E-state index in [-0.39, 0.29) is 11.5 Å². The summed E-state index contributed by atoms with van der Waals surface area (Å²) in [5, 5.41) is 12.4. The highest BCUT2D eigenvalue weighted by Crippen LogP contribution is 2.28. The highest BCUT2D eigenvalue weighted by Gasteiger charge is 2.13. The lowest BCUT2D eigenvalue weighted by Gasteiger charge is -2.12. The normalized spacial score (nSPS) is 10.4. The van der Waals surface area contributed by atoms with Gasteiger partial charge in [-0.05, 0) is 78.2 Å². The Morgan fingerprint density at radius 1 is 0.743 bits per heavy atom. The standard InChI is InChI=1S/C29H25NO5/c1-2-15-34-25-13-11-20(12-14-25)22-16-23(29(32)33)18-24(17-22)30-28(31)21-7-6-10-27(19-21)35-26-8-4-3-5-9-26/h3-14,16-19H,2,15H2,1H3,(H,30,31)(H,32,33). The summed E-state index contributed by atoms with van der Waals surface area (Å²) < 4.78 is 11.4. The quantitative estimate of drug-likeness (QED) is 0.280. The van der Waals surface area contributed by atoms with Gasteiger partial charge in [0.25, 0.3) is 5.91 Å². The zero-order chi connectivity index (χ0) is 24.6. The Labute approximate surface area is 203 Å². The van der Waals surface area contributed by atoms with Gasteiger partial charge < -0.3 is 19.9 Å². The van der Waals surface area contributed by atoms with E-state index in [0.29, 0.717) is 34.9 Å². The van der Waals surface area contributed by atoms with Gasteiger partial charge in [0.15, 0.2) is 0 Å². The zero-order valence-electron chi connectivity index (χ0n) is 19.2. The predicted octanol–water partition coefficient (Wildman–Crippen LogP) is 6.89. The van der Waals surface area contributed by atoms with E-state index in [0.717, 1.165) is 17.7 Å². The Balaban J connectivity index is 1.56. The number of rotatable bonds is 9. The molecule has 0 saturated heterocycles. The number of amides is 1. The van der Waals surface area contributed by atoms with Crippen molar-refractivity contribution in [1.29, 1.82) is 0 Å². The molecule has 0 unspecified atom stereocenters. The van der Waals surface area contributed by atoms with Crippen molar-refractivity contribution in [3.8, 4) is 28.4 Å². The third-order valence-corrected chi connectivity index (χ3v) is 5.17. The summed E-state index contributed by atoms with van der Waals surface area (Å²) in [6.45, 7) is 2.66. The molecule has 0 fully saturated rings.